The molecule has 11 nitrogen and oxygen atoms in total. The fourth-order valence-corrected chi connectivity index (χ4v) is 5.43. The lowest BCUT2D eigenvalue weighted by Crippen LogP contribution is -2.23. The van der Waals surface area contributed by atoms with Crippen molar-refractivity contribution in [1.29, 1.82) is 0 Å². The summed E-state index contributed by atoms with van der Waals surface area (Å²) in [5, 5.41) is 0. The molecule has 0 fully saturated rings. The van der Waals surface area contributed by atoms with Gasteiger partial charge in [-0.25, -0.2) is 23.4 Å². The minimum absolute atomic E-state index is 0.0292. The highest BCUT2D eigenvalue weighted by atomic mass is 32.2. The summed E-state index contributed by atoms with van der Waals surface area (Å²) < 4.78 is 54.2. The number of nitrogens with zero attached hydrogens (tertiary/aromatic N) is 4. The van der Waals surface area contributed by atoms with Crippen molar-refractivity contribution in [2.75, 3.05) is 25.0 Å². The number of para-hydroxylation sites is 2. The Morgan fingerprint density at radius 2 is 1.44 bits per heavy atom. The summed E-state index contributed by atoms with van der Waals surface area (Å²) in [6.45, 7) is 11.9. The molecule has 0 atom stereocenters. The van der Waals surface area contributed by atoms with E-state index in [0.717, 1.165) is 0 Å². The second kappa shape index (κ2) is 12.9. The Kier molecular flexibility index (Phi) is 9.51. The van der Waals surface area contributed by atoms with E-state index < -0.39 is 21.0 Å². The molecule has 0 aliphatic heterocycles. The zero-order valence-corrected chi connectivity index (χ0v) is 26.2. The third-order valence-electron chi connectivity index (χ3n) is 5.95. The normalized spacial score (nSPS) is 12.1. The number of sulfonamides is 1. The van der Waals surface area contributed by atoms with Gasteiger partial charge < -0.3 is 18.9 Å². The molecule has 0 spiro atoms. The predicted octanol–water partition coefficient (Wildman–Crippen LogP) is 6.03. The van der Waals surface area contributed by atoms with Gasteiger partial charge >= 0.3 is 0 Å². The molecular weight excluding hydrogens is 570 g/mol. The Morgan fingerprint density at radius 3 is 2.09 bits per heavy atom. The zero-order valence-electron chi connectivity index (χ0n) is 25.4. The van der Waals surface area contributed by atoms with Gasteiger partial charge in [0.25, 0.3) is 15.9 Å². The number of ether oxygens (including phenoxy) is 4. The van der Waals surface area contributed by atoms with Crippen molar-refractivity contribution in [3.63, 3.8) is 0 Å². The van der Waals surface area contributed by atoms with Crippen LogP contribution in [0.2, 0.25) is 0 Å². The van der Waals surface area contributed by atoms with Crippen LogP contribution in [0, 0.1) is 0 Å². The first kappa shape index (κ1) is 31.6. The molecule has 0 saturated carbocycles. The zero-order chi connectivity index (χ0) is 31.3. The molecule has 1 N–H and O–H groups in total. The molecule has 2 aromatic heterocycles. The number of methoxy groups -OCH3 is 1. The fourth-order valence-electron chi connectivity index (χ4n) is 4.01. The summed E-state index contributed by atoms with van der Waals surface area (Å²) in [6, 6.07) is 15.4. The summed E-state index contributed by atoms with van der Waals surface area (Å²) in [5.41, 5.74) is -0.222. The van der Waals surface area contributed by atoms with Gasteiger partial charge in [0.15, 0.2) is 23.1 Å². The highest BCUT2D eigenvalue weighted by Gasteiger charge is 2.29. The minimum atomic E-state index is -4.19. The van der Waals surface area contributed by atoms with Crippen LogP contribution in [0.4, 0.5) is 5.82 Å². The molecule has 43 heavy (non-hydrogen) atoms. The predicted molar refractivity (Wildman–Crippen MR) is 163 cm³/mol. The van der Waals surface area contributed by atoms with Crippen molar-refractivity contribution in [3.8, 4) is 34.8 Å². The average Bonchev–Trinajstić information content (AvgIpc) is 2.96. The molecule has 4 rings (SSSR count). The van der Waals surface area contributed by atoms with Crippen LogP contribution in [0.3, 0.4) is 0 Å². The molecule has 0 bridgehead atoms. The molecule has 0 aliphatic rings. The molecular formula is C31H37N5O6S. The summed E-state index contributed by atoms with van der Waals surface area (Å²) in [5.74, 6) is 0.618. The van der Waals surface area contributed by atoms with E-state index >= 15 is 0 Å². The van der Waals surface area contributed by atoms with Crippen molar-refractivity contribution >= 4 is 15.8 Å². The van der Waals surface area contributed by atoms with E-state index in [-0.39, 0.29) is 47.2 Å². The molecule has 2 heterocycles. The van der Waals surface area contributed by atoms with Gasteiger partial charge in [-0.2, -0.15) is 4.98 Å². The van der Waals surface area contributed by atoms with Gasteiger partial charge in [0, 0.05) is 12.4 Å². The first-order valence-electron chi connectivity index (χ1n) is 13.7. The number of benzene rings is 2. The van der Waals surface area contributed by atoms with Crippen LogP contribution in [0.5, 0.6) is 23.1 Å². The number of rotatable bonds is 11. The highest BCUT2D eigenvalue weighted by molar-refractivity contribution is 7.92. The van der Waals surface area contributed by atoms with Crippen LogP contribution in [-0.2, 0) is 20.2 Å². The smallest absolute Gasteiger partial charge is 0.263 e. The topological polar surface area (TPSA) is 135 Å². The largest absolute Gasteiger partial charge is 0.493 e. The summed E-state index contributed by atoms with van der Waals surface area (Å²) in [4.78, 5) is 17.7. The molecule has 0 amide bonds. The number of nitrogens with one attached hydrogen (secondary N) is 1. The Balaban J connectivity index is 1.88. The van der Waals surface area contributed by atoms with E-state index in [9.17, 15) is 8.42 Å². The number of hydrogen-bond acceptors (Lipinski definition) is 10. The highest BCUT2D eigenvalue weighted by Crippen LogP contribution is 2.42. The van der Waals surface area contributed by atoms with Gasteiger partial charge in [-0.3, -0.25) is 4.72 Å². The SMILES string of the molecule is COc1ccccc1Oc1c(NS(=O)(=O)c2ccccc2C(C)(C)C)nc(-c2ncccn2)nc1OCCOC(C)(C)C. The van der Waals surface area contributed by atoms with E-state index in [1.807, 2.05) is 41.5 Å². The Bertz CT molecular complexity index is 1650. The number of aromatic nitrogens is 4. The van der Waals surface area contributed by atoms with Crippen LogP contribution in [0.1, 0.15) is 47.1 Å². The molecule has 12 heteroatoms. The van der Waals surface area contributed by atoms with E-state index in [2.05, 4.69) is 24.7 Å². The van der Waals surface area contributed by atoms with Crippen molar-refractivity contribution in [2.45, 2.75) is 57.5 Å². The lowest BCUT2D eigenvalue weighted by molar-refractivity contribution is -0.0170. The van der Waals surface area contributed by atoms with Gasteiger partial charge in [-0.05, 0) is 56.0 Å². The third-order valence-corrected chi connectivity index (χ3v) is 7.35. The molecule has 0 aliphatic carbocycles. The molecule has 0 saturated heterocycles. The van der Waals surface area contributed by atoms with E-state index in [4.69, 9.17) is 18.9 Å². The molecule has 0 unspecified atom stereocenters. The van der Waals surface area contributed by atoms with Crippen molar-refractivity contribution in [1.82, 2.24) is 19.9 Å². The van der Waals surface area contributed by atoms with Crippen LogP contribution >= 0.6 is 0 Å². The van der Waals surface area contributed by atoms with Crippen molar-refractivity contribution in [3.05, 3.63) is 72.6 Å². The maximum absolute atomic E-state index is 14.0. The minimum Gasteiger partial charge on any atom is -0.493 e. The van der Waals surface area contributed by atoms with Crippen LogP contribution in [-0.4, -0.2) is 54.3 Å². The van der Waals surface area contributed by atoms with Gasteiger partial charge in [0.05, 0.1) is 24.2 Å². The van der Waals surface area contributed by atoms with Gasteiger partial charge in [-0.15, -0.1) is 0 Å². The number of hydrogen-bond donors (Lipinski definition) is 1. The number of anilines is 1. The van der Waals surface area contributed by atoms with Gasteiger partial charge in [0.1, 0.15) is 6.61 Å². The second-order valence-corrected chi connectivity index (χ2v) is 13.2. The summed E-state index contributed by atoms with van der Waals surface area (Å²) in [7, 11) is -2.69. The Labute approximate surface area is 252 Å². The molecule has 0 radical (unpaired) electrons. The van der Waals surface area contributed by atoms with Crippen molar-refractivity contribution in [2.24, 2.45) is 0 Å². The van der Waals surface area contributed by atoms with Crippen molar-refractivity contribution < 1.29 is 27.4 Å². The van der Waals surface area contributed by atoms with Crippen LogP contribution in [0.25, 0.3) is 11.6 Å². The molecule has 4 aromatic rings. The first-order chi connectivity index (χ1) is 20.3. The first-order valence-corrected chi connectivity index (χ1v) is 15.2. The maximum Gasteiger partial charge on any atom is 0.263 e. The molecule has 228 valence electrons. The lowest BCUT2D eigenvalue weighted by atomic mass is 9.87. The second-order valence-electron chi connectivity index (χ2n) is 11.5. The average molecular weight is 608 g/mol. The summed E-state index contributed by atoms with van der Waals surface area (Å²) >= 11 is 0. The van der Waals surface area contributed by atoms with E-state index in [1.165, 1.54) is 19.5 Å². The van der Waals surface area contributed by atoms with E-state index in [1.54, 1.807) is 54.6 Å². The monoisotopic (exact) mass is 607 g/mol. The summed E-state index contributed by atoms with van der Waals surface area (Å²) in [6.07, 6.45) is 3.07. The van der Waals surface area contributed by atoms with Crippen LogP contribution < -0.4 is 18.9 Å². The third kappa shape index (κ3) is 8.17. The Morgan fingerprint density at radius 1 is 0.791 bits per heavy atom. The van der Waals surface area contributed by atoms with E-state index in [0.29, 0.717) is 17.1 Å². The van der Waals surface area contributed by atoms with Gasteiger partial charge in [-0.1, -0.05) is 51.1 Å². The quantitative estimate of drug-likeness (QED) is 0.201. The molecule has 2 aromatic carbocycles. The van der Waals surface area contributed by atoms with Crippen LogP contribution in [0.15, 0.2) is 71.9 Å². The fraction of sp³-hybridized carbons (Fsp3) is 0.355. The Hall–Kier alpha value is -4.29. The maximum atomic E-state index is 14.0. The van der Waals surface area contributed by atoms with Gasteiger partial charge in [0.2, 0.25) is 11.6 Å². The standard InChI is InChI=1S/C31H37N5O6S/c1-30(2,3)21-13-8-11-16-24(21)43(37,38)36-26-25(42-23-15-10-9-14-22(23)39-7)29(40-19-20-41-31(4,5)6)35-28(34-26)27-32-17-12-18-33-27/h8-18H,19-20H2,1-7H3,(H,34,35,36). The lowest BCUT2D eigenvalue weighted by Gasteiger charge is -2.23.